The van der Waals surface area contributed by atoms with Gasteiger partial charge in [0, 0.05) is 24.2 Å². The second kappa shape index (κ2) is 6.08. The summed E-state index contributed by atoms with van der Waals surface area (Å²) in [7, 11) is 0. The van der Waals surface area contributed by atoms with Gasteiger partial charge < -0.3 is 9.88 Å². The van der Waals surface area contributed by atoms with Gasteiger partial charge in [0.05, 0.1) is 18.0 Å². The van der Waals surface area contributed by atoms with Gasteiger partial charge in [0.25, 0.3) is 0 Å². The Kier molecular flexibility index (Phi) is 3.65. The molecule has 2 atom stereocenters. The number of nitrogens with zero attached hydrogens (tertiary/aromatic N) is 4. The highest BCUT2D eigenvalue weighted by Gasteiger charge is 2.36. The van der Waals surface area contributed by atoms with E-state index in [1.54, 1.807) is 23.2 Å². The van der Waals surface area contributed by atoms with Crippen LogP contribution < -0.4 is 10.5 Å². The zero-order chi connectivity index (χ0) is 19.4. The fourth-order valence-corrected chi connectivity index (χ4v) is 3.76. The summed E-state index contributed by atoms with van der Waals surface area (Å²) in [4.78, 5) is 20.3. The van der Waals surface area contributed by atoms with E-state index in [2.05, 4.69) is 15.1 Å². The number of hydrogen-bond acceptors (Lipinski definition) is 4. The van der Waals surface area contributed by atoms with E-state index in [-0.39, 0.29) is 24.1 Å². The van der Waals surface area contributed by atoms with Gasteiger partial charge in [0.2, 0.25) is 5.56 Å². The van der Waals surface area contributed by atoms with Crippen LogP contribution in [0.2, 0.25) is 0 Å². The minimum Gasteiger partial charge on any atom is -0.346 e. The molecule has 0 bridgehead atoms. The summed E-state index contributed by atoms with van der Waals surface area (Å²) >= 11 is 0. The quantitative estimate of drug-likeness (QED) is 0.576. The highest BCUT2D eigenvalue weighted by Crippen LogP contribution is 2.38. The molecule has 0 spiro atoms. The van der Waals surface area contributed by atoms with Gasteiger partial charge in [0.1, 0.15) is 23.6 Å². The molecule has 5 rings (SSSR count). The summed E-state index contributed by atoms with van der Waals surface area (Å²) in [5.41, 5.74) is 0.682. The molecule has 1 saturated heterocycles. The van der Waals surface area contributed by atoms with Gasteiger partial charge in [-0.3, -0.25) is 4.79 Å². The van der Waals surface area contributed by atoms with E-state index in [4.69, 9.17) is 0 Å². The van der Waals surface area contributed by atoms with Crippen molar-refractivity contribution in [3.05, 3.63) is 70.1 Å². The molecule has 3 aromatic heterocycles. The van der Waals surface area contributed by atoms with Crippen molar-refractivity contribution in [3.63, 3.8) is 0 Å². The lowest BCUT2D eigenvalue weighted by Gasteiger charge is -2.26. The number of hydrogen-bond donors (Lipinski definition) is 1. The van der Waals surface area contributed by atoms with Gasteiger partial charge in [-0.2, -0.15) is 0 Å². The van der Waals surface area contributed by atoms with Gasteiger partial charge in [-0.25, -0.2) is 22.7 Å². The topological polar surface area (TPSA) is 66.3 Å². The van der Waals surface area contributed by atoms with Crippen LogP contribution in [0.25, 0.3) is 16.7 Å². The van der Waals surface area contributed by atoms with Crippen LogP contribution in [0.4, 0.5) is 19.0 Å². The van der Waals surface area contributed by atoms with Gasteiger partial charge in [-0.1, -0.05) is 0 Å². The summed E-state index contributed by atoms with van der Waals surface area (Å²) in [6.45, 7) is 0.0205. The zero-order valence-electron chi connectivity index (χ0n) is 14.4. The third-order valence-corrected chi connectivity index (χ3v) is 5.01. The molecule has 1 aliphatic heterocycles. The minimum atomic E-state index is -1.19. The first-order valence-electron chi connectivity index (χ1n) is 8.74. The fourth-order valence-electron chi connectivity index (χ4n) is 3.76. The predicted molar refractivity (Wildman–Crippen MR) is 97.1 cm³/mol. The smallest absolute Gasteiger partial charge is 0.249 e. The lowest BCUT2D eigenvalue weighted by Crippen LogP contribution is -2.25. The van der Waals surface area contributed by atoms with Crippen molar-refractivity contribution in [2.75, 3.05) is 11.4 Å². The first-order chi connectivity index (χ1) is 13.5. The molecule has 0 unspecified atom stereocenters. The van der Waals surface area contributed by atoms with Crippen molar-refractivity contribution >= 4 is 22.5 Å². The van der Waals surface area contributed by atoms with Crippen LogP contribution in [0, 0.1) is 11.6 Å². The van der Waals surface area contributed by atoms with Gasteiger partial charge in [-0.15, -0.1) is 5.10 Å². The van der Waals surface area contributed by atoms with Crippen LogP contribution in [0.3, 0.4) is 0 Å². The van der Waals surface area contributed by atoms with E-state index in [1.807, 2.05) is 0 Å². The molecule has 0 amide bonds. The van der Waals surface area contributed by atoms with E-state index in [0.717, 1.165) is 18.2 Å². The number of pyridine rings is 1. The number of H-pyrrole nitrogens is 1. The molecule has 1 N–H and O–H groups in total. The Labute approximate surface area is 156 Å². The van der Waals surface area contributed by atoms with Crippen LogP contribution >= 0.6 is 0 Å². The number of aromatic amines is 1. The fraction of sp³-hybridized carbons (Fsp3) is 0.211. The molecule has 4 aromatic rings. The number of anilines is 1. The van der Waals surface area contributed by atoms with Crippen molar-refractivity contribution in [1.82, 2.24) is 19.6 Å². The molecule has 0 radical (unpaired) electrons. The summed E-state index contributed by atoms with van der Waals surface area (Å²) < 4.78 is 43.7. The largest absolute Gasteiger partial charge is 0.346 e. The Morgan fingerprint density at radius 1 is 1.14 bits per heavy atom. The zero-order valence-corrected chi connectivity index (χ0v) is 14.4. The van der Waals surface area contributed by atoms with Gasteiger partial charge in [-0.05, 0) is 30.3 Å². The standard InChI is InChI=1S/C19H14F3N5O/c20-10-1-3-14(22)13(7-10)15-8-11(21)9-26(15)16-5-6-27-19(23-16)12-2-4-17(28)24-18(12)25-27/h1-7,11,15H,8-9H2,(H,24,25,28)/t11-,15+/m0/s1. The monoisotopic (exact) mass is 385 g/mol. The summed E-state index contributed by atoms with van der Waals surface area (Å²) in [5.74, 6) is -0.735. The molecule has 0 saturated carbocycles. The molecule has 1 aliphatic rings. The van der Waals surface area contributed by atoms with E-state index < -0.39 is 23.8 Å². The predicted octanol–water partition coefficient (Wildman–Crippen LogP) is 3.14. The van der Waals surface area contributed by atoms with E-state index in [1.165, 1.54) is 10.6 Å². The number of benzene rings is 1. The average Bonchev–Trinajstić information content (AvgIpc) is 3.22. The Hall–Kier alpha value is -3.36. The van der Waals surface area contributed by atoms with Crippen molar-refractivity contribution in [1.29, 1.82) is 0 Å². The van der Waals surface area contributed by atoms with E-state index in [9.17, 15) is 18.0 Å². The first kappa shape index (κ1) is 16.8. The van der Waals surface area contributed by atoms with E-state index >= 15 is 0 Å². The molecule has 28 heavy (non-hydrogen) atoms. The third-order valence-electron chi connectivity index (χ3n) is 5.01. The van der Waals surface area contributed by atoms with Gasteiger partial charge in [0.15, 0.2) is 11.3 Å². The van der Waals surface area contributed by atoms with Crippen molar-refractivity contribution in [2.24, 2.45) is 0 Å². The number of rotatable bonds is 2. The summed E-state index contributed by atoms with van der Waals surface area (Å²) in [6, 6.07) is 7.13. The van der Waals surface area contributed by atoms with Crippen molar-refractivity contribution in [3.8, 4) is 0 Å². The number of alkyl halides is 1. The van der Waals surface area contributed by atoms with E-state index in [0.29, 0.717) is 22.5 Å². The van der Waals surface area contributed by atoms with Crippen LogP contribution in [-0.4, -0.2) is 32.3 Å². The molecule has 1 fully saturated rings. The number of nitrogens with one attached hydrogen (secondary N) is 1. The normalized spacial score (nSPS) is 19.8. The van der Waals surface area contributed by atoms with Gasteiger partial charge >= 0.3 is 0 Å². The molecular formula is C19H14F3N5O. The Morgan fingerprint density at radius 3 is 2.86 bits per heavy atom. The molecule has 6 nitrogen and oxygen atoms in total. The second-order valence-electron chi connectivity index (χ2n) is 6.81. The molecule has 1 aromatic carbocycles. The SMILES string of the molecule is O=c1ccc2c(nn3ccc(N4C[C@@H](F)C[C@@H]4c4cc(F)ccc4F)nc23)[nH]1. The Morgan fingerprint density at radius 2 is 2.00 bits per heavy atom. The maximum atomic E-state index is 14.3. The highest BCUT2D eigenvalue weighted by molar-refractivity contribution is 5.89. The summed E-state index contributed by atoms with van der Waals surface area (Å²) in [5, 5.41) is 4.89. The number of aromatic nitrogens is 4. The molecule has 9 heteroatoms. The minimum absolute atomic E-state index is 0.0205. The van der Waals surface area contributed by atoms with Crippen LogP contribution in [0.15, 0.2) is 47.4 Å². The van der Waals surface area contributed by atoms with Crippen LogP contribution in [-0.2, 0) is 0 Å². The Bertz CT molecular complexity index is 1270. The lowest BCUT2D eigenvalue weighted by molar-refractivity contribution is 0.355. The lowest BCUT2D eigenvalue weighted by atomic mass is 10.0. The average molecular weight is 385 g/mol. The Balaban J connectivity index is 1.64. The molecular weight excluding hydrogens is 371 g/mol. The van der Waals surface area contributed by atoms with Crippen LogP contribution in [0.1, 0.15) is 18.0 Å². The highest BCUT2D eigenvalue weighted by atomic mass is 19.1. The maximum absolute atomic E-state index is 14.3. The molecule has 0 aliphatic carbocycles. The number of fused-ring (bicyclic) bond motifs is 3. The number of halogens is 3. The maximum Gasteiger partial charge on any atom is 0.249 e. The third kappa shape index (κ3) is 2.62. The molecule has 4 heterocycles. The summed E-state index contributed by atoms with van der Waals surface area (Å²) in [6.07, 6.45) is 0.491. The van der Waals surface area contributed by atoms with Crippen molar-refractivity contribution < 1.29 is 13.2 Å². The second-order valence-corrected chi connectivity index (χ2v) is 6.81. The first-order valence-corrected chi connectivity index (χ1v) is 8.74. The van der Waals surface area contributed by atoms with Crippen LogP contribution in [0.5, 0.6) is 0 Å². The van der Waals surface area contributed by atoms with Crippen molar-refractivity contribution in [2.45, 2.75) is 18.6 Å². The molecule has 142 valence electrons.